The third-order valence-corrected chi connectivity index (χ3v) is 5.95. The number of thiazole rings is 1. The topological polar surface area (TPSA) is 37.6 Å². The number of aromatic nitrogens is 1. The Morgan fingerprint density at radius 2 is 2.04 bits per heavy atom. The molecule has 3 rings (SSSR count). The highest BCUT2D eigenvalue weighted by molar-refractivity contribution is 7.18. The molecule has 0 aliphatic carbocycles. The highest BCUT2D eigenvalue weighted by Gasteiger charge is 2.17. The molecule has 1 amide bonds. The van der Waals surface area contributed by atoms with E-state index in [2.05, 4.69) is 11.1 Å². The number of likely N-dealkylation sites (N-methyl/N-ethyl adjacent to an activating group) is 2. The number of para-hydroxylation sites is 1. The van der Waals surface area contributed by atoms with Gasteiger partial charge in [-0.3, -0.25) is 4.79 Å². The monoisotopic (exact) mass is 380 g/mol. The molecule has 0 aliphatic heterocycles. The molecule has 0 aliphatic rings. The Morgan fingerprint density at radius 1 is 1.25 bits per heavy atom. The standard InChI is InChI=1S/C17H18ClN3OS2/c1-20(9-12-7-8-15(18)23-12)11-17(22)21(2)10-16-19-13-5-3-4-6-14(13)24-16/h3-8H,9-11H2,1-2H3/p+1. The van der Waals surface area contributed by atoms with Gasteiger partial charge in [-0.25, -0.2) is 4.98 Å². The second-order valence-corrected chi connectivity index (χ2v) is 8.76. The molecule has 2 aromatic heterocycles. The van der Waals surface area contributed by atoms with E-state index in [9.17, 15) is 4.79 Å². The summed E-state index contributed by atoms with van der Waals surface area (Å²) in [5, 5.41) is 0.967. The van der Waals surface area contributed by atoms with E-state index in [4.69, 9.17) is 11.6 Å². The van der Waals surface area contributed by atoms with Crippen LogP contribution >= 0.6 is 34.3 Å². The first-order chi connectivity index (χ1) is 11.5. The number of halogens is 1. The van der Waals surface area contributed by atoms with Gasteiger partial charge >= 0.3 is 0 Å². The third-order valence-electron chi connectivity index (χ3n) is 3.69. The molecule has 0 fully saturated rings. The van der Waals surface area contributed by atoms with Crippen molar-refractivity contribution in [2.75, 3.05) is 20.6 Å². The minimum Gasteiger partial charge on any atom is -0.334 e. The largest absolute Gasteiger partial charge is 0.334 e. The first-order valence-electron chi connectivity index (χ1n) is 7.65. The van der Waals surface area contributed by atoms with Crippen molar-refractivity contribution < 1.29 is 9.69 Å². The van der Waals surface area contributed by atoms with Gasteiger partial charge in [-0.05, 0) is 24.3 Å². The molecular weight excluding hydrogens is 362 g/mol. The minimum absolute atomic E-state index is 0.120. The van der Waals surface area contributed by atoms with E-state index in [-0.39, 0.29) is 5.91 Å². The molecule has 0 saturated carbocycles. The van der Waals surface area contributed by atoms with Crippen molar-refractivity contribution >= 4 is 50.4 Å². The summed E-state index contributed by atoms with van der Waals surface area (Å²) in [6, 6.07) is 12.0. The first-order valence-corrected chi connectivity index (χ1v) is 9.66. The molecule has 7 heteroatoms. The van der Waals surface area contributed by atoms with Crippen LogP contribution in [0.15, 0.2) is 36.4 Å². The lowest BCUT2D eigenvalue weighted by Crippen LogP contribution is -3.08. The fraction of sp³-hybridized carbons (Fsp3) is 0.294. The average molecular weight is 381 g/mol. The number of carbonyl (C=O) groups is 1. The number of carbonyl (C=O) groups excluding carboxylic acids is 1. The van der Waals surface area contributed by atoms with Gasteiger partial charge in [0.05, 0.1) is 33.0 Å². The van der Waals surface area contributed by atoms with Crippen molar-refractivity contribution in [2.24, 2.45) is 0 Å². The van der Waals surface area contributed by atoms with Crippen molar-refractivity contribution in [3.05, 3.63) is 50.6 Å². The maximum absolute atomic E-state index is 12.4. The van der Waals surface area contributed by atoms with Crippen LogP contribution in [0, 0.1) is 0 Å². The van der Waals surface area contributed by atoms with Crippen molar-refractivity contribution in [2.45, 2.75) is 13.1 Å². The van der Waals surface area contributed by atoms with Gasteiger partial charge in [-0.2, -0.15) is 0 Å². The van der Waals surface area contributed by atoms with Crippen LogP contribution in [0.2, 0.25) is 4.34 Å². The van der Waals surface area contributed by atoms with E-state index in [0.29, 0.717) is 13.1 Å². The third kappa shape index (κ3) is 4.33. The Hall–Kier alpha value is -1.47. The zero-order chi connectivity index (χ0) is 17.1. The van der Waals surface area contributed by atoms with E-state index >= 15 is 0 Å². The summed E-state index contributed by atoms with van der Waals surface area (Å²) >= 11 is 9.16. The Labute approximate surface area is 154 Å². The molecule has 1 aromatic carbocycles. The van der Waals surface area contributed by atoms with Crippen molar-refractivity contribution in [3.63, 3.8) is 0 Å². The van der Waals surface area contributed by atoms with Gasteiger partial charge in [0.1, 0.15) is 11.6 Å². The number of thiophene rings is 1. The quantitative estimate of drug-likeness (QED) is 0.714. The summed E-state index contributed by atoms with van der Waals surface area (Å²) < 4.78 is 1.95. The van der Waals surface area contributed by atoms with E-state index in [1.54, 1.807) is 27.6 Å². The molecule has 4 nitrogen and oxygen atoms in total. The second-order valence-electron chi connectivity index (χ2n) is 5.84. The zero-order valence-electron chi connectivity index (χ0n) is 13.6. The minimum atomic E-state index is 0.120. The van der Waals surface area contributed by atoms with Crippen LogP contribution in [-0.4, -0.2) is 36.4 Å². The van der Waals surface area contributed by atoms with E-state index in [0.717, 1.165) is 31.0 Å². The van der Waals surface area contributed by atoms with Crippen molar-refractivity contribution in [1.82, 2.24) is 9.88 Å². The molecule has 24 heavy (non-hydrogen) atoms. The van der Waals surface area contributed by atoms with E-state index in [1.807, 2.05) is 44.4 Å². The van der Waals surface area contributed by atoms with Gasteiger partial charge in [-0.15, -0.1) is 22.7 Å². The van der Waals surface area contributed by atoms with Crippen LogP contribution in [0.25, 0.3) is 10.2 Å². The molecular formula is C17H19ClN3OS2+. The number of hydrogen-bond acceptors (Lipinski definition) is 4. The van der Waals surface area contributed by atoms with Crippen LogP contribution in [0.4, 0.5) is 0 Å². The van der Waals surface area contributed by atoms with E-state index in [1.165, 1.54) is 4.88 Å². The summed E-state index contributed by atoms with van der Waals surface area (Å²) in [7, 11) is 3.86. The molecule has 0 bridgehead atoms. The lowest BCUT2D eigenvalue weighted by Gasteiger charge is -2.18. The number of benzene rings is 1. The Bertz CT molecular complexity index is 812. The lowest BCUT2D eigenvalue weighted by molar-refractivity contribution is -0.885. The zero-order valence-corrected chi connectivity index (χ0v) is 16.0. The SMILES string of the molecule is CN(Cc1nc2ccccc2s1)C(=O)C[NH+](C)Cc1ccc(Cl)s1. The molecule has 126 valence electrons. The Morgan fingerprint density at radius 3 is 2.75 bits per heavy atom. The highest BCUT2D eigenvalue weighted by Crippen LogP contribution is 2.22. The van der Waals surface area contributed by atoms with Crippen molar-refractivity contribution in [3.8, 4) is 0 Å². The normalized spacial score (nSPS) is 12.5. The fourth-order valence-electron chi connectivity index (χ4n) is 2.48. The molecule has 0 saturated heterocycles. The number of nitrogens with zero attached hydrogens (tertiary/aromatic N) is 2. The maximum Gasteiger partial charge on any atom is 0.277 e. The summed E-state index contributed by atoms with van der Waals surface area (Å²) in [6.07, 6.45) is 0. The lowest BCUT2D eigenvalue weighted by atomic mass is 10.3. The number of nitrogens with one attached hydrogen (secondary N) is 1. The van der Waals surface area contributed by atoms with Gasteiger partial charge in [0.15, 0.2) is 6.54 Å². The second kappa shape index (κ2) is 7.61. The van der Waals surface area contributed by atoms with Gasteiger partial charge < -0.3 is 9.80 Å². The van der Waals surface area contributed by atoms with Crippen LogP contribution in [-0.2, 0) is 17.9 Å². The van der Waals surface area contributed by atoms with Crippen LogP contribution in [0.3, 0.4) is 0 Å². The number of amides is 1. The fourth-order valence-corrected chi connectivity index (χ4v) is 4.70. The molecule has 1 atom stereocenters. The summed E-state index contributed by atoms with van der Waals surface area (Å²) in [4.78, 5) is 21.1. The predicted molar refractivity (Wildman–Crippen MR) is 101 cm³/mol. The Kier molecular flexibility index (Phi) is 5.50. The maximum atomic E-state index is 12.4. The van der Waals surface area contributed by atoms with Crippen LogP contribution in [0.1, 0.15) is 9.88 Å². The smallest absolute Gasteiger partial charge is 0.277 e. The van der Waals surface area contributed by atoms with Crippen LogP contribution < -0.4 is 4.90 Å². The number of fused-ring (bicyclic) bond motifs is 1. The number of hydrogen-bond donors (Lipinski definition) is 1. The van der Waals surface area contributed by atoms with Gasteiger partial charge in [0.2, 0.25) is 0 Å². The summed E-state index contributed by atoms with van der Waals surface area (Å²) in [6.45, 7) is 1.81. The summed E-state index contributed by atoms with van der Waals surface area (Å²) in [5.74, 6) is 0.120. The molecule has 0 spiro atoms. The highest BCUT2D eigenvalue weighted by atomic mass is 35.5. The van der Waals surface area contributed by atoms with Gasteiger partial charge in [0, 0.05) is 7.05 Å². The van der Waals surface area contributed by atoms with Gasteiger partial charge in [0.25, 0.3) is 5.91 Å². The first kappa shape index (κ1) is 17.4. The molecule has 0 radical (unpaired) electrons. The molecule has 3 aromatic rings. The molecule has 1 unspecified atom stereocenters. The van der Waals surface area contributed by atoms with Gasteiger partial charge in [-0.1, -0.05) is 23.7 Å². The van der Waals surface area contributed by atoms with Crippen LogP contribution in [0.5, 0.6) is 0 Å². The average Bonchev–Trinajstić information content (AvgIpc) is 3.12. The number of quaternary nitrogens is 1. The summed E-state index contributed by atoms with van der Waals surface area (Å²) in [5.41, 5.74) is 0.996. The molecule has 1 N–H and O–H groups in total. The van der Waals surface area contributed by atoms with E-state index < -0.39 is 0 Å². The number of rotatable bonds is 6. The van der Waals surface area contributed by atoms with Crippen molar-refractivity contribution in [1.29, 1.82) is 0 Å². The molecule has 2 heterocycles. The predicted octanol–water partition coefficient (Wildman–Crippen LogP) is 2.68. The Balaban J connectivity index is 1.55.